The van der Waals surface area contributed by atoms with E-state index in [1.165, 1.54) is 11.8 Å². The smallest absolute Gasteiger partial charge is 0.277 e. The lowest BCUT2D eigenvalue weighted by atomic mass is 10.2. The molecule has 0 aliphatic rings. The van der Waals surface area contributed by atoms with Crippen LogP contribution in [0, 0.1) is 0 Å². The Hall–Kier alpha value is -1.38. The molecule has 1 amide bonds. The second-order valence-corrected chi connectivity index (χ2v) is 6.39. The van der Waals surface area contributed by atoms with Crippen molar-refractivity contribution >= 4 is 39.3 Å². The fourth-order valence-electron chi connectivity index (χ4n) is 1.68. The summed E-state index contributed by atoms with van der Waals surface area (Å²) in [5.41, 5.74) is 6.18. The molecule has 2 aromatic rings. The highest BCUT2D eigenvalue weighted by atomic mass is 79.9. The van der Waals surface area contributed by atoms with Gasteiger partial charge in [0, 0.05) is 16.6 Å². The third-order valence-corrected chi connectivity index (χ3v) is 4.09. The molecule has 0 saturated heterocycles. The summed E-state index contributed by atoms with van der Waals surface area (Å²) in [6, 6.07) is 7.40. The molecule has 1 heterocycles. The molecule has 0 atom stereocenters. The first-order valence-electron chi connectivity index (χ1n) is 6.88. The Kier molecular flexibility index (Phi) is 6.88. The quantitative estimate of drug-likeness (QED) is 0.536. The van der Waals surface area contributed by atoms with Gasteiger partial charge in [-0.05, 0) is 43.7 Å². The van der Waals surface area contributed by atoms with Gasteiger partial charge in [-0.2, -0.15) is 0 Å². The van der Waals surface area contributed by atoms with Crippen LogP contribution in [0.1, 0.15) is 18.7 Å². The van der Waals surface area contributed by atoms with E-state index in [0.29, 0.717) is 17.7 Å². The number of aromatic nitrogens is 2. The topological polar surface area (TPSA) is 94.0 Å². The predicted molar refractivity (Wildman–Crippen MR) is 89.8 cm³/mol. The van der Waals surface area contributed by atoms with Crippen molar-refractivity contribution in [1.82, 2.24) is 10.2 Å². The number of amides is 1. The molecule has 0 radical (unpaired) electrons. The average Bonchev–Trinajstić information content (AvgIpc) is 2.96. The zero-order valence-electron chi connectivity index (χ0n) is 11.9. The van der Waals surface area contributed by atoms with Crippen molar-refractivity contribution in [2.24, 2.45) is 5.73 Å². The van der Waals surface area contributed by atoms with E-state index in [1.807, 2.05) is 24.3 Å². The molecule has 6 nitrogen and oxygen atoms in total. The number of unbranched alkanes of at least 4 members (excludes halogenated alkanes) is 1. The lowest BCUT2D eigenvalue weighted by Crippen LogP contribution is -2.13. The second kappa shape index (κ2) is 8.92. The van der Waals surface area contributed by atoms with Crippen LogP contribution < -0.4 is 11.1 Å². The number of anilines is 1. The third kappa shape index (κ3) is 5.78. The zero-order valence-corrected chi connectivity index (χ0v) is 14.3. The van der Waals surface area contributed by atoms with Gasteiger partial charge in [-0.3, -0.25) is 4.79 Å². The first-order chi connectivity index (χ1) is 10.7. The summed E-state index contributed by atoms with van der Waals surface area (Å²) in [6.07, 6.45) is 2.57. The summed E-state index contributed by atoms with van der Waals surface area (Å²) in [6.45, 7) is 0.659. The second-order valence-electron chi connectivity index (χ2n) is 4.55. The SMILES string of the molecule is NCCCCc1nnc(SCC(=O)Nc2ccc(Br)cc2)o1. The number of carbonyl (C=O) groups is 1. The minimum Gasteiger partial charge on any atom is -0.416 e. The molecule has 1 aromatic heterocycles. The molecule has 22 heavy (non-hydrogen) atoms. The number of benzene rings is 1. The Morgan fingerprint density at radius 2 is 2.05 bits per heavy atom. The lowest BCUT2D eigenvalue weighted by Gasteiger charge is -2.03. The minimum atomic E-state index is -0.116. The van der Waals surface area contributed by atoms with Crippen LogP contribution in [0.15, 0.2) is 38.4 Å². The van der Waals surface area contributed by atoms with Gasteiger partial charge in [0.2, 0.25) is 11.8 Å². The fraction of sp³-hybridized carbons (Fsp3) is 0.357. The largest absolute Gasteiger partial charge is 0.416 e. The highest BCUT2D eigenvalue weighted by Crippen LogP contribution is 2.18. The Morgan fingerprint density at radius 3 is 2.77 bits per heavy atom. The van der Waals surface area contributed by atoms with Crippen molar-refractivity contribution in [2.45, 2.75) is 24.5 Å². The van der Waals surface area contributed by atoms with E-state index in [1.54, 1.807) is 0 Å². The molecule has 0 aliphatic heterocycles. The van der Waals surface area contributed by atoms with Crippen LogP contribution in [0.2, 0.25) is 0 Å². The van der Waals surface area contributed by atoms with Crippen molar-refractivity contribution < 1.29 is 9.21 Å². The van der Waals surface area contributed by atoms with Crippen molar-refractivity contribution in [3.8, 4) is 0 Å². The molecular weight excluding hydrogens is 368 g/mol. The molecule has 0 unspecified atom stereocenters. The molecule has 0 fully saturated rings. The standard InChI is InChI=1S/C14H17BrN4O2S/c15-10-4-6-11(7-5-10)17-12(20)9-22-14-19-18-13(21-14)3-1-2-8-16/h4-7H,1-3,8-9,16H2,(H,17,20). The van der Waals surface area contributed by atoms with E-state index in [4.69, 9.17) is 10.2 Å². The van der Waals surface area contributed by atoms with Gasteiger partial charge in [0.25, 0.3) is 5.22 Å². The van der Waals surface area contributed by atoms with Crippen LogP contribution in [0.25, 0.3) is 0 Å². The first kappa shape index (κ1) is 17.0. The molecule has 0 aliphatic carbocycles. The van der Waals surface area contributed by atoms with Gasteiger partial charge in [-0.15, -0.1) is 10.2 Å². The van der Waals surface area contributed by atoms with Crippen molar-refractivity contribution in [1.29, 1.82) is 0 Å². The van der Waals surface area contributed by atoms with Crippen molar-refractivity contribution in [2.75, 3.05) is 17.6 Å². The maximum atomic E-state index is 11.8. The molecule has 3 N–H and O–H groups in total. The highest BCUT2D eigenvalue weighted by molar-refractivity contribution is 9.10. The van der Waals surface area contributed by atoms with E-state index in [2.05, 4.69) is 31.4 Å². The summed E-state index contributed by atoms with van der Waals surface area (Å²) >= 11 is 4.57. The number of rotatable bonds is 8. The van der Waals surface area contributed by atoms with Crippen LogP contribution in [0.3, 0.4) is 0 Å². The fourth-order valence-corrected chi connectivity index (χ4v) is 2.52. The average molecular weight is 385 g/mol. The van der Waals surface area contributed by atoms with Gasteiger partial charge in [0.15, 0.2) is 0 Å². The zero-order chi connectivity index (χ0) is 15.8. The van der Waals surface area contributed by atoms with Gasteiger partial charge in [-0.1, -0.05) is 27.7 Å². The van der Waals surface area contributed by atoms with Gasteiger partial charge in [0.1, 0.15) is 0 Å². The Balaban J connectivity index is 1.75. The molecule has 8 heteroatoms. The Labute approximate surface area is 141 Å². The number of hydrogen-bond acceptors (Lipinski definition) is 6. The summed E-state index contributed by atoms with van der Waals surface area (Å²) in [4.78, 5) is 11.8. The number of nitrogens with two attached hydrogens (primary N) is 1. The number of halogens is 1. The molecule has 0 bridgehead atoms. The lowest BCUT2D eigenvalue weighted by molar-refractivity contribution is -0.113. The molecule has 2 rings (SSSR count). The van der Waals surface area contributed by atoms with Crippen LogP contribution in [0.4, 0.5) is 5.69 Å². The number of nitrogens with zero attached hydrogens (tertiary/aromatic N) is 2. The van der Waals surface area contributed by atoms with Crippen LogP contribution in [0.5, 0.6) is 0 Å². The summed E-state index contributed by atoms with van der Waals surface area (Å²) < 4.78 is 6.43. The number of nitrogens with one attached hydrogen (secondary N) is 1. The Bertz CT molecular complexity index is 603. The number of carbonyl (C=O) groups excluding carboxylic acids is 1. The predicted octanol–water partition coefficient (Wildman–Crippen LogP) is 2.84. The molecule has 0 saturated carbocycles. The van der Waals surface area contributed by atoms with Gasteiger partial charge in [0.05, 0.1) is 5.75 Å². The molecular formula is C14H17BrN4O2S. The summed E-state index contributed by atoms with van der Waals surface area (Å²) in [7, 11) is 0. The van der Waals surface area contributed by atoms with Crippen LogP contribution in [-0.2, 0) is 11.2 Å². The number of hydrogen-bond donors (Lipinski definition) is 2. The van der Waals surface area contributed by atoms with E-state index >= 15 is 0 Å². The maximum absolute atomic E-state index is 11.8. The minimum absolute atomic E-state index is 0.116. The van der Waals surface area contributed by atoms with Crippen molar-refractivity contribution in [3.63, 3.8) is 0 Å². The van der Waals surface area contributed by atoms with E-state index in [9.17, 15) is 4.79 Å². The number of aryl methyl sites for hydroxylation is 1. The normalized spacial score (nSPS) is 10.6. The summed E-state index contributed by atoms with van der Waals surface area (Å²) in [5.74, 6) is 0.694. The van der Waals surface area contributed by atoms with Crippen LogP contribution >= 0.6 is 27.7 Å². The highest BCUT2D eigenvalue weighted by Gasteiger charge is 2.09. The molecule has 118 valence electrons. The van der Waals surface area contributed by atoms with E-state index in [-0.39, 0.29) is 11.7 Å². The summed E-state index contributed by atoms with van der Waals surface area (Å²) in [5, 5.41) is 11.1. The molecule has 1 aromatic carbocycles. The van der Waals surface area contributed by atoms with Gasteiger partial charge < -0.3 is 15.5 Å². The van der Waals surface area contributed by atoms with Gasteiger partial charge >= 0.3 is 0 Å². The Morgan fingerprint density at radius 1 is 1.27 bits per heavy atom. The molecule has 0 spiro atoms. The van der Waals surface area contributed by atoms with Crippen LogP contribution in [-0.4, -0.2) is 28.4 Å². The third-order valence-electron chi connectivity index (χ3n) is 2.75. The van der Waals surface area contributed by atoms with E-state index in [0.717, 1.165) is 29.4 Å². The number of thioether (sulfide) groups is 1. The van der Waals surface area contributed by atoms with E-state index < -0.39 is 0 Å². The maximum Gasteiger partial charge on any atom is 0.277 e. The van der Waals surface area contributed by atoms with Crippen molar-refractivity contribution in [3.05, 3.63) is 34.6 Å². The van der Waals surface area contributed by atoms with Gasteiger partial charge in [-0.25, -0.2) is 0 Å². The first-order valence-corrected chi connectivity index (χ1v) is 8.66. The monoisotopic (exact) mass is 384 g/mol.